The van der Waals surface area contributed by atoms with E-state index >= 15 is 0 Å². The topological polar surface area (TPSA) is 17.8 Å². The maximum atomic E-state index is 4.89. The lowest BCUT2D eigenvalue weighted by Gasteiger charge is -2.31. The Morgan fingerprint density at radius 3 is 1.92 bits per heavy atom. The van der Waals surface area contributed by atoms with Crippen molar-refractivity contribution in [2.75, 3.05) is 0 Å². The molecular formula is C47H30N2. The van der Waals surface area contributed by atoms with Crippen molar-refractivity contribution in [2.45, 2.75) is 12.3 Å². The van der Waals surface area contributed by atoms with Gasteiger partial charge in [-0.05, 0) is 127 Å². The average Bonchev–Trinajstić information content (AvgIpc) is 3.76. The standard InChI is InChI=1S/C47H30N2/c1-29-48-44-23-10-11-24-45(44)49(29)33-16-12-15-32(25-33)38-28-43-46(37-20-5-4-17-34(37)38)39-26-30-13-2-3-14-31(30)27-42(39)47(43)40-21-8-6-18-35(40)36-19-7-9-22-41(36)47/h2-28H,1H3. The Morgan fingerprint density at radius 2 is 1.12 bits per heavy atom. The van der Waals surface area contributed by atoms with Crippen LogP contribution in [0.4, 0.5) is 0 Å². The van der Waals surface area contributed by atoms with Gasteiger partial charge >= 0.3 is 0 Å². The fourth-order valence-corrected chi connectivity index (χ4v) is 9.20. The van der Waals surface area contributed by atoms with Gasteiger partial charge in [0.05, 0.1) is 16.4 Å². The zero-order valence-electron chi connectivity index (χ0n) is 27.0. The number of benzene rings is 8. The molecule has 0 saturated carbocycles. The van der Waals surface area contributed by atoms with E-state index in [9.17, 15) is 0 Å². The largest absolute Gasteiger partial charge is 0.297 e. The number of nitrogens with zero attached hydrogens (tertiary/aromatic N) is 2. The highest BCUT2D eigenvalue weighted by molar-refractivity contribution is 6.12. The Kier molecular flexibility index (Phi) is 5.28. The Morgan fingerprint density at radius 1 is 0.469 bits per heavy atom. The van der Waals surface area contributed by atoms with Gasteiger partial charge in [0.25, 0.3) is 0 Å². The van der Waals surface area contributed by atoms with Crippen LogP contribution in [0, 0.1) is 6.92 Å². The van der Waals surface area contributed by atoms with E-state index in [0.717, 1.165) is 22.5 Å². The van der Waals surface area contributed by atoms with Crippen LogP contribution < -0.4 is 0 Å². The molecule has 0 amide bonds. The van der Waals surface area contributed by atoms with E-state index in [1.807, 2.05) is 0 Å². The SMILES string of the molecule is Cc1nc2ccccc2n1-c1cccc(-c2cc3c(c4ccccc24)-c2cc4ccccc4cc2C32c3ccccc3-c3ccccc32)c1. The fraction of sp³-hybridized carbons (Fsp3) is 0.0426. The van der Waals surface area contributed by atoms with Gasteiger partial charge in [0, 0.05) is 5.69 Å². The molecule has 0 aliphatic heterocycles. The Labute approximate surface area is 284 Å². The van der Waals surface area contributed by atoms with Crippen LogP contribution in [-0.4, -0.2) is 9.55 Å². The van der Waals surface area contributed by atoms with Crippen molar-refractivity contribution in [3.05, 3.63) is 192 Å². The van der Waals surface area contributed by atoms with E-state index in [2.05, 4.69) is 175 Å². The summed E-state index contributed by atoms with van der Waals surface area (Å²) >= 11 is 0. The summed E-state index contributed by atoms with van der Waals surface area (Å²) in [4.78, 5) is 4.89. The first-order chi connectivity index (χ1) is 24.2. The van der Waals surface area contributed by atoms with Gasteiger partial charge in [-0.3, -0.25) is 4.57 Å². The number of fused-ring (bicyclic) bond motifs is 14. The molecule has 0 unspecified atom stereocenters. The molecule has 1 spiro atoms. The lowest BCUT2D eigenvalue weighted by atomic mass is 9.69. The van der Waals surface area contributed by atoms with E-state index in [0.29, 0.717) is 0 Å². The minimum absolute atomic E-state index is 0.435. The summed E-state index contributed by atoms with van der Waals surface area (Å²) in [5.41, 5.74) is 16.0. The van der Waals surface area contributed by atoms with Crippen molar-refractivity contribution in [3.63, 3.8) is 0 Å². The number of para-hydroxylation sites is 2. The molecule has 2 nitrogen and oxygen atoms in total. The lowest BCUT2D eigenvalue weighted by molar-refractivity contribution is 0.796. The maximum absolute atomic E-state index is 4.89. The molecule has 8 aromatic carbocycles. The number of hydrogen-bond acceptors (Lipinski definition) is 1. The second-order valence-electron chi connectivity index (χ2n) is 13.5. The molecule has 1 aromatic heterocycles. The Hall–Kier alpha value is -6.25. The van der Waals surface area contributed by atoms with E-state index in [4.69, 9.17) is 4.98 Å². The van der Waals surface area contributed by atoms with Crippen molar-refractivity contribution in [2.24, 2.45) is 0 Å². The van der Waals surface area contributed by atoms with Crippen molar-refractivity contribution >= 4 is 32.6 Å². The highest BCUT2D eigenvalue weighted by Gasteiger charge is 2.52. The van der Waals surface area contributed by atoms with E-state index in [1.54, 1.807) is 0 Å². The van der Waals surface area contributed by atoms with Crippen LogP contribution in [0.3, 0.4) is 0 Å². The quantitative estimate of drug-likeness (QED) is 0.188. The van der Waals surface area contributed by atoms with E-state index in [-0.39, 0.29) is 0 Å². The first-order valence-corrected chi connectivity index (χ1v) is 17.1. The predicted octanol–water partition coefficient (Wildman–Crippen LogP) is 11.7. The monoisotopic (exact) mass is 622 g/mol. The van der Waals surface area contributed by atoms with Crippen LogP contribution in [0.2, 0.25) is 0 Å². The lowest BCUT2D eigenvalue weighted by Crippen LogP contribution is -2.26. The normalized spacial score (nSPS) is 13.6. The number of imidazole rings is 1. The molecular weight excluding hydrogens is 593 g/mol. The smallest absolute Gasteiger partial charge is 0.111 e. The molecule has 0 bridgehead atoms. The fourth-order valence-electron chi connectivity index (χ4n) is 9.20. The average molecular weight is 623 g/mol. The molecule has 11 rings (SSSR count). The first-order valence-electron chi connectivity index (χ1n) is 17.1. The number of aryl methyl sites for hydroxylation is 1. The van der Waals surface area contributed by atoms with Crippen LogP contribution >= 0.6 is 0 Å². The van der Waals surface area contributed by atoms with Crippen LogP contribution in [0.15, 0.2) is 164 Å². The molecule has 0 radical (unpaired) electrons. The maximum Gasteiger partial charge on any atom is 0.111 e. The van der Waals surface area contributed by atoms with Gasteiger partial charge in [0.15, 0.2) is 0 Å². The number of hydrogen-bond donors (Lipinski definition) is 0. The first kappa shape index (κ1) is 26.8. The molecule has 2 aliphatic rings. The van der Waals surface area contributed by atoms with Crippen LogP contribution in [-0.2, 0) is 5.41 Å². The Balaban J connectivity index is 1.27. The highest BCUT2D eigenvalue weighted by Crippen LogP contribution is 2.64. The van der Waals surface area contributed by atoms with Crippen molar-refractivity contribution in [3.8, 4) is 39.1 Å². The van der Waals surface area contributed by atoms with Crippen LogP contribution in [0.5, 0.6) is 0 Å². The van der Waals surface area contributed by atoms with Gasteiger partial charge in [-0.15, -0.1) is 0 Å². The van der Waals surface area contributed by atoms with Gasteiger partial charge in [-0.1, -0.05) is 121 Å². The van der Waals surface area contributed by atoms with E-state index < -0.39 is 5.41 Å². The zero-order chi connectivity index (χ0) is 32.3. The second kappa shape index (κ2) is 9.65. The molecule has 0 saturated heterocycles. The molecule has 228 valence electrons. The molecule has 9 aromatic rings. The summed E-state index contributed by atoms with van der Waals surface area (Å²) in [6, 6.07) is 60.9. The van der Waals surface area contributed by atoms with Gasteiger partial charge in [-0.25, -0.2) is 4.98 Å². The minimum atomic E-state index is -0.435. The third-order valence-electron chi connectivity index (χ3n) is 11.1. The summed E-state index contributed by atoms with van der Waals surface area (Å²) in [6.07, 6.45) is 0. The molecule has 0 fully saturated rings. The predicted molar refractivity (Wildman–Crippen MR) is 203 cm³/mol. The molecule has 49 heavy (non-hydrogen) atoms. The van der Waals surface area contributed by atoms with Gasteiger partial charge < -0.3 is 0 Å². The van der Waals surface area contributed by atoms with Crippen molar-refractivity contribution < 1.29 is 0 Å². The van der Waals surface area contributed by atoms with Crippen molar-refractivity contribution in [1.82, 2.24) is 9.55 Å². The van der Waals surface area contributed by atoms with E-state index in [1.165, 1.54) is 77.2 Å². The third kappa shape index (κ3) is 3.43. The second-order valence-corrected chi connectivity index (χ2v) is 13.5. The summed E-state index contributed by atoms with van der Waals surface area (Å²) in [5, 5.41) is 5.10. The van der Waals surface area contributed by atoms with Gasteiger partial charge in [0.2, 0.25) is 0 Å². The van der Waals surface area contributed by atoms with Crippen LogP contribution in [0.25, 0.3) is 71.6 Å². The third-order valence-corrected chi connectivity index (χ3v) is 11.1. The molecule has 2 aliphatic carbocycles. The van der Waals surface area contributed by atoms with Crippen molar-refractivity contribution in [1.29, 1.82) is 0 Å². The summed E-state index contributed by atoms with van der Waals surface area (Å²) < 4.78 is 2.28. The number of rotatable bonds is 2. The van der Waals surface area contributed by atoms with Crippen LogP contribution in [0.1, 0.15) is 28.1 Å². The van der Waals surface area contributed by atoms with Gasteiger partial charge in [-0.2, -0.15) is 0 Å². The summed E-state index contributed by atoms with van der Waals surface area (Å²) in [6.45, 7) is 2.09. The number of aromatic nitrogens is 2. The molecule has 1 heterocycles. The highest BCUT2D eigenvalue weighted by atomic mass is 15.1. The summed E-state index contributed by atoms with van der Waals surface area (Å²) in [5.74, 6) is 0.984. The molecule has 2 heteroatoms. The molecule has 0 atom stereocenters. The molecule has 0 N–H and O–H groups in total. The minimum Gasteiger partial charge on any atom is -0.297 e. The van der Waals surface area contributed by atoms with Gasteiger partial charge in [0.1, 0.15) is 5.82 Å². The Bertz CT molecular complexity index is 2810. The zero-order valence-corrected chi connectivity index (χ0v) is 27.0. The summed E-state index contributed by atoms with van der Waals surface area (Å²) in [7, 11) is 0.